The zero-order chi connectivity index (χ0) is 18.0. The van der Waals surface area contributed by atoms with Gasteiger partial charge in [-0.3, -0.25) is 4.79 Å². The molecule has 0 saturated carbocycles. The topological polar surface area (TPSA) is 66.5 Å². The number of nitrogens with one attached hydrogen (secondary N) is 1. The van der Waals surface area contributed by atoms with Crippen LogP contribution in [0.15, 0.2) is 35.2 Å². The number of hydrogen-bond acceptors (Lipinski definition) is 4. The number of fused-ring (bicyclic) bond motifs is 1. The van der Waals surface area contributed by atoms with Crippen LogP contribution in [0.1, 0.15) is 39.4 Å². The minimum atomic E-state index is -3.46. The summed E-state index contributed by atoms with van der Waals surface area (Å²) in [4.78, 5) is 14.7. The van der Waals surface area contributed by atoms with Crippen molar-refractivity contribution in [3.63, 3.8) is 0 Å². The SMILES string of the molecule is CN(C)S(=O)(=O)c1ccc(NC(=O)c2cc3c(s2)CCCCC3)cc1. The molecule has 1 N–H and O–H groups in total. The van der Waals surface area contributed by atoms with Crippen LogP contribution in [0.3, 0.4) is 0 Å². The van der Waals surface area contributed by atoms with Crippen molar-refractivity contribution in [3.05, 3.63) is 45.6 Å². The van der Waals surface area contributed by atoms with Gasteiger partial charge in [0.2, 0.25) is 10.0 Å². The van der Waals surface area contributed by atoms with Gasteiger partial charge >= 0.3 is 0 Å². The van der Waals surface area contributed by atoms with Crippen molar-refractivity contribution in [3.8, 4) is 0 Å². The number of sulfonamides is 1. The van der Waals surface area contributed by atoms with Gasteiger partial charge in [-0.2, -0.15) is 0 Å². The van der Waals surface area contributed by atoms with E-state index in [1.54, 1.807) is 23.5 Å². The molecule has 0 radical (unpaired) electrons. The fourth-order valence-electron chi connectivity index (χ4n) is 2.89. The van der Waals surface area contributed by atoms with Crippen LogP contribution in [0.2, 0.25) is 0 Å². The maximum atomic E-state index is 12.5. The van der Waals surface area contributed by atoms with Crippen molar-refractivity contribution in [2.45, 2.75) is 37.0 Å². The number of carbonyl (C=O) groups excluding carboxylic acids is 1. The van der Waals surface area contributed by atoms with Crippen molar-refractivity contribution in [2.75, 3.05) is 19.4 Å². The van der Waals surface area contributed by atoms with Gasteiger partial charge in [-0.05, 0) is 61.6 Å². The predicted molar refractivity (Wildman–Crippen MR) is 101 cm³/mol. The fraction of sp³-hybridized carbons (Fsp3) is 0.389. The first-order valence-corrected chi connectivity index (χ1v) is 10.6. The van der Waals surface area contributed by atoms with E-state index in [0.717, 1.165) is 17.7 Å². The quantitative estimate of drug-likeness (QED) is 0.828. The molecular weight excluding hydrogens is 356 g/mol. The van der Waals surface area contributed by atoms with E-state index >= 15 is 0 Å². The summed E-state index contributed by atoms with van der Waals surface area (Å²) in [7, 11) is -0.473. The molecule has 0 aliphatic heterocycles. The molecule has 0 fully saturated rings. The lowest BCUT2D eigenvalue weighted by Crippen LogP contribution is -2.22. The Morgan fingerprint density at radius 1 is 1.08 bits per heavy atom. The normalized spacial score (nSPS) is 14.8. The number of hydrogen-bond donors (Lipinski definition) is 1. The molecule has 0 spiro atoms. The average molecular weight is 379 g/mol. The molecular formula is C18H22N2O3S2. The highest BCUT2D eigenvalue weighted by atomic mass is 32.2. The van der Waals surface area contributed by atoms with E-state index < -0.39 is 10.0 Å². The lowest BCUT2D eigenvalue weighted by molar-refractivity contribution is 0.103. The number of carbonyl (C=O) groups is 1. The highest BCUT2D eigenvalue weighted by molar-refractivity contribution is 7.89. The first kappa shape index (κ1) is 18.1. The lowest BCUT2D eigenvalue weighted by Gasteiger charge is -2.11. The van der Waals surface area contributed by atoms with Gasteiger partial charge in [-0.25, -0.2) is 12.7 Å². The predicted octanol–water partition coefficient (Wildman–Crippen LogP) is 3.52. The van der Waals surface area contributed by atoms with E-state index in [2.05, 4.69) is 5.32 Å². The van der Waals surface area contributed by atoms with Crippen LogP contribution < -0.4 is 5.32 Å². The average Bonchev–Trinajstić information content (AvgIpc) is 2.86. The standard InChI is InChI=1S/C18H22N2O3S2/c1-20(2)25(22,23)15-10-8-14(9-11-15)19-18(21)17-12-13-6-4-3-5-7-16(13)24-17/h8-12H,3-7H2,1-2H3,(H,19,21). The minimum Gasteiger partial charge on any atom is -0.321 e. The molecule has 1 heterocycles. The monoisotopic (exact) mass is 378 g/mol. The lowest BCUT2D eigenvalue weighted by atomic mass is 10.1. The molecule has 0 saturated heterocycles. The second-order valence-corrected chi connectivity index (χ2v) is 9.67. The Morgan fingerprint density at radius 2 is 1.76 bits per heavy atom. The van der Waals surface area contributed by atoms with Gasteiger partial charge < -0.3 is 5.32 Å². The molecule has 0 atom stereocenters. The number of nitrogens with zero attached hydrogens (tertiary/aromatic N) is 1. The number of amides is 1. The molecule has 0 unspecified atom stereocenters. The molecule has 1 aromatic carbocycles. The first-order valence-electron chi connectivity index (χ1n) is 8.33. The zero-order valence-corrected chi connectivity index (χ0v) is 16.0. The summed E-state index contributed by atoms with van der Waals surface area (Å²) < 4.78 is 25.3. The Hall–Kier alpha value is -1.70. The number of benzene rings is 1. The second-order valence-electron chi connectivity index (χ2n) is 6.39. The maximum Gasteiger partial charge on any atom is 0.265 e. The minimum absolute atomic E-state index is 0.138. The fourth-order valence-corrected chi connectivity index (χ4v) is 4.94. The summed E-state index contributed by atoms with van der Waals surface area (Å²) in [6, 6.07) is 8.26. The third-order valence-corrected chi connectivity index (χ3v) is 7.43. The van der Waals surface area contributed by atoms with Crippen LogP contribution in [0.25, 0.3) is 0 Å². The third kappa shape index (κ3) is 3.94. The van der Waals surface area contributed by atoms with Crippen molar-refractivity contribution >= 4 is 33.0 Å². The summed E-state index contributed by atoms with van der Waals surface area (Å²) in [5.74, 6) is -0.138. The Balaban J connectivity index is 1.73. The molecule has 25 heavy (non-hydrogen) atoms. The molecule has 7 heteroatoms. The Bertz CT molecular complexity index is 845. The summed E-state index contributed by atoms with van der Waals surface area (Å²) in [5.41, 5.74) is 1.89. The molecule has 3 rings (SSSR count). The first-order chi connectivity index (χ1) is 11.9. The van der Waals surface area contributed by atoms with Gasteiger partial charge in [0, 0.05) is 24.7 Å². The van der Waals surface area contributed by atoms with Gasteiger partial charge in [0.1, 0.15) is 0 Å². The molecule has 1 aliphatic carbocycles. The molecule has 1 amide bonds. The molecule has 1 aliphatic rings. The second kappa shape index (κ2) is 7.27. The number of thiophene rings is 1. The van der Waals surface area contributed by atoms with Crippen molar-refractivity contribution < 1.29 is 13.2 Å². The van der Waals surface area contributed by atoms with Crippen molar-refractivity contribution in [2.24, 2.45) is 0 Å². The Labute approximate surface area is 152 Å². The zero-order valence-electron chi connectivity index (χ0n) is 14.4. The molecule has 1 aromatic heterocycles. The molecule has 2 aromatic rings. The van der Waals surface area contributed by atoms with Crippen LogP contribution in [-0.2, 0) is 22.9 Å². The summed E-state index contributed by atoms with van der Waals surface area (Å²) >= 11 is 1.57. The van der Waals surface area contributed by atoms with Crippen molar-refractivity contribution in [1.29, 1.82) is 0 Å². The largest absolute Gasteiger partial charge is 0.321 e. The van der Waals surface area contributed by atoms with Crippen LogP contribution in [0.4, 0.5) is 5.69 Å². The van der Waals surface area contributed by atoms with Gasteiger partial charge in [0.05, 0.1) is 9.77 Å². The van der Waals surface area contributed by atoms with Crippen LogP contribution in [0, 0.1) is 0 Å². The van der Waals surface area contributed by atoms with Crippen molar-refractivity contribution in [1.82, 2.24) is 4.31 Å². The van der Waals surface area contributed by atoms with Crippen LogP contribution in [0.5, 0.6) is 0 Å². The molecule has 0 bridgehead atoms. The van der Waals surface area contributed by atoms with Crippen LogP contribution in [-0.4, -0.2) is 32.7 Å². The van der Waals surface area contributed by atoms with E-state index in [4.69, 9.17) is 0 Å². The smallest absolute Gasteiger partial charge is 0.265 e. The van der Waals surface area contributed by atoms with Gasteiger partial charge in [0.25, 0.3) is 5.91 Å². The highest BCUT2D eigenvalue weighted by Crippen LogP contribution is 2.29. The number of rotatable bonds is 4. The van der Waals surface area contributed by atoms with E-state index in [0.29, 0.717) is 5.69 Å². The summed E-state index contributed by atoms with van der Waals surface area (Å²) in [6.07, 6.45) is 5.74. The van der Waals surface area contributed by atoms with E-state index in [1.165, 1.54) is 60.2 Å². The molecule has 5 nitrogen and oxygen atoms in total. The maximum absolute atomic E-state index is 12.5. The van der Waals surface area contributed by atoms with Gasteiger partial charge in [-0.15, -0.1) is 11.3 Å². The highest BCUT2D eigenvalue weighted by Gasteiger charge is 2.18. The molecule has 134 valence electrons. The van der Waals surface area contributed by atoms with E-state index in [1.807, 2.05) is 6.07 Å². The number of aryl methyl sites for hydroxylation is 2. The summed E-state index contributed by atoms with van der Waals surface area (Å²) in [5, 5.41) is 2.85. The Morgan fingerprint density at radius 3 is 2.44 bits per heavy atom. The third-order valence-electron chi connectivity index (χ3n) is 4.36. The number of anilines is 1. The van der Waals surface area contributed by atoms with Crippen LogP contribution >= 0.6 is 11.3 Å². The van der Waals surface area contributed by atoms with Gasteiger partial charge in [-0.1, -0.05) is 6.42 Å². The summed E-state index contributed by atoms with van der Waals surface area (Å²) in [6.45, 7) is 0. The Kier molecular flexibility index (Phi) is 5.27. The van der Waals surface area contributed by atoms with E-state index in [9.17, 15) is 13.2 Å². The van der Waals surface area contributed by atoms with E-state index in [-0.39, 0.29) is 10.8 Å². The van der Waals surface area contributed by atoms with Gasteiger partial charge in [0.15, 0.2) is 0 Å².